The van der Waals surface area contributed by atoms with Crippen LogP contribution < -0.4 is 5.32 Å². The number of nitrogens with zero attached hydrogens (tertiary/aromatic N) is 4. The van der Waals surface area contributed by atoms with Crippen LogP contribution in [-0.2, 0) is 28.2 Å². The molecule has 1 aromatic heterocycles. The Kier molecular flexibility index (Phi) is 6.38. The standard InChI is InChI=1S/C23H31N5O3/c1-2-28-13-10-19(25-28)15-26-14-11-23(20(29)16-26,18-7-4-3-5-8-18)24-21(30)17-27-12-6-9-22(27)31/h3-5,7-8,10,13,20,29H,2,6,9,11-12,14-17H2,1H3,(H,24,30)/t20-,23-/m1/s1. The van der Waals surface area contributed by atoms with Crippen LogP contribution in [0.25, 0.3) is 0 Å². The molecule has 4 rings (SSSR count). The van der Waals surface area contributed by atoms with E-state index in [1.807, 2.05) is 54.2 Å². The lowest BCUT2D eigenvalue weighted by Crippen LogP contribution is -2.62. The number of carbonyl (C=O) groups excluding carboxylic acids is 2. The maximum absolute atomic E-state index is 12.9. The second-order valence-corrected chi connectivity index (χ2v) is 8.47. The van der Waals surface area contributed by atoms with Crippen molar-refractivity contribution in [2.24, 2.45) is 0 Å². The van der Waals surface area contributed by atoms with Crippen molar-refractivity contribution in [3.63, 3.8) is 0 Å². The van der Waals surface area contributed by atoms with Crippen molar-refractivity contribution < 1.29 is 14.7 Å². The Hall–Kier alpha value is -2.71. The molecule has 0 unspecified atom stereocenters. The maximum atomic E-state index is 12.9. The lowest BCUT2D eigenvalue weighted by atomic mass is 9.78. The van der Waals surface area contributed by atoms with Crippen molar-refractivity contribution in [3.05, 3.63) is 53.9 Å². The molecule has 2 atom stereocenters. The number of β-amino-alcohol motifs (C(OH)–C–C–N with tert-alkyl or cyclic N) is 1. The third-order valence-electron chi connectivity index (χ3n) is 6.39. The first-order chi connectivity index (χ1) is 15.0. The summed E-state index contributed by atoms with van der Waals surface area (Å²) < 4.78 is 1.89. The van der Waals surface area contributed by atoms with Gasteiger partial charge >= 0.3 is 0 Å². The number of aliphatic hydroxyl groups is 1. The molecule has 2 amide bonds. The Morgan fingerprint density at radius 1 is 1.26 bits per heavy atom. The summed E-state index contributed by atoms with van der Waals surface area (Å²) in [6, 6.07) is 11.7. The number of benzene rings is 1. The third-order valence-corrected chi connectivity index (χ3v) is 6.39. The van der Waals surface area contributed by atoms with Gasteiger partial charge < -0.3 is 15.3 Å². The zero-order valence-electron chi connectivity index (χ0n) is 18.0. The van der Waals surface area contributed by atoms with E-state index in [2.05, 4.69) is 15.3 Å². The number of aliphatic hydroxyl groups excluding tert-OH is 1. The number of hydrogen-bond donors (Lipinski definition) is 2. The fourth-order valence-electron chi connectivity index (χ4n) is 4.65. The molecule has 8 heteroatoms. The van der Waals surface area contributed by atoms with Gasteiger partial charge in [0.15, 0.2) is 0 Å². The van der Waals surface area contributed by atoms with Gasteiger partial charge in [-0.05, 0) is 31.4 Å². The quantitative estimate of drug-likeness (QED) is 0.693. The molecule has 2 aliphatic rings. The Balaban J connectivity index is 1.49. The van der Waals surface area contributed by atoms with Gasteiger partial charge in [-0.15, -0.1) is 0 Å². The van der Waals surface area contributed by atoms with Crippen LogP contribution in [0.2, 0.25) is 0 Å². The summed E-state index contributed by atoms with van der Waals surface area (Å²) in [4.78, 5) is 28.6. The van der Waals surface area contributed by atoms with Crippen LogP contribution >= 0.6 is 0 Å². The van der Waals surface area contributed by atoms with E-state index < -0.39 is 11.6 Å². The zero-order valence-corrected chi connectivity index (χ0v) is 18.0. The van der Waals surface area contributed by atoms with E-state index in [0.717, 1.165) is 24.2 Å². The second-order valence-electron chi connectivity index (χ2n) is 8.47. The first-order valence-corrected chi connectivity index (χ1v) is 11.1. The number of likely N-dealkylation sites (tertiary alicyclic amines) is 2. The van der Waals surface area contributed by atoms with Crippen molar-refractivity contribution in [2.75, 3.05) is 26.2 Å². The molecule has 1 aromatic carbocycles. The number of carbonyl (C=O) groups is 2. The monoisotopic (exact) mass is 425 g/mol. The van der Waals surface area contributed by atoms with E-state index in [1.165, 1.54) is 0 Å². The molecule has 31 heavy (non-hydrogen) atoms. The van der Waals surface area contributed by atoms with Gasteiger partial charge in [-0.2, -0.15) is 5.10 Å². The van der Waals surface area contributed by atoms with E-state index in [4.69, 9.17) is 0 Å². The van der Waals surface area contributed by atoms with Crippen LogP contribution in [0.5, 0.6) is 0 Å². The smallest absolute Gasteiger partial charge is 0.240 e. The molecular formula is C23H31N5O3. The highest BCUT2D eigenvalue weighted by Crippen LogP contribution is 2.34. The van der Waals surface area contributed by atoms with Crippen molar-refractivity contribution >= 4 is 11.8 Å². The average Bonchev–Trinajstić information content (AvgIpc) is 3.39. The van der Waals surface area contributed by atoms with Crippen molar-refractivity contribution in [1.29, 1.82) is 0 Å². The van der Waals surface area contributed by atoms with Crippen molar-refractivity contribution in [2.45, 2.75) is 50.9 Å². The largest absolute Gasteiger partial charge is 0.389 e. The third kappa shape index (κ3) is 4.65. The summed E-state index contributed by atoms with van der Waals surface area (Å²) >= 11 is 0. The SMILES string of the molecule is CCn1ccc(CN2CC[C@@](NC(=O)CN3CCCC3=O)(c3ccccc3)[C@H](O)C2)n1. The molecule has 0 saturated carbocycles. The molecule has 2 aromatic rings. The summed E-state index contributed by atoms with van der Waals surface area (Å²) in [7, 11) is 0. The van der Waals surface area contributed by atoms with Gasteiger partial charge in [0.25, 0.3) is 0 Å². The van der Waals surface area contributed by atoms with Gasteiger partial charge in [0.05, 0.1) is 23.9 Å². The molecule has 2 aliphatic heterocycles. The molecule has 0 bridgehead atoms. The Labute approximate surface area is 182 Å². The van der Waals surface area contributed by atoms with Crippen LogP contribution in [0.3, 0.4) is 0 Å². The summed E-state index contributed by atoms with van der Waals surface area (Å²) in [6.45, 7) is 5.33. The van der Waals surface area contributed by atoms with Crippen LogP contribution in [0.15, 0.2) is 42.6 Å². The van der Waals surface area contributed by atoms with Crippen molar-refractivity contribution in [3.8, 4) is 0 Å². The van der Waals surface area contributed by atoms with Crippen LogP contribution in [0.4, 0.5) is 0 Å². The minimum atomic E-state index is -0.875. The van der Waals surface area contributed by atoms with E-state index >= 15 is 0 Å². The highest BCUT2D eigenvalue weighted by Gasteiger charge is 2.45. The summed E-state index contributed by atoms with van der Waals surface area (Å²) in [6.07, 6.45) is 3.05. The van der Waals surface area contributed by atoms with Gasteiger partial charge in [-0.3, -0.25) is 19.2 Å². The lowest BCUT2D eigenvalue weighted by molar-refractivity contribution is -0.135. The molecule has 2 saturated heterocycles. The molecular weight excluding hydrogens is 394 g/mol. The molecule has 0 aliphatic carbocycles. The predicted molar refractivity (Wildman–Crippen MR) is 116 cm³/mol. The lowest BCUT2D eigenvalue weighted by Gasteiger charge is -2.46. The molecule has 8 nitrogen and oxygen atoms in total. The molecule has 2 fully saturated rings. The minimum Gasteiger partial charge on any atom is -0.389 e. The van der Waals surface area contributed by atoms with E-state index in [1.54, 1.807) is 4.90 Å². The summed E-state index contributed by atoms with van der Waals surface area (Å²) in [5.41, 5.74) is 0.983. The molecule has 0 radical (unpaired) electrons. The fourth-order valence-corrected chi connectivity index (χ4v) is 4.65. The highest BCUT2D eigenvalue weighted by molar-refractivity contribution is 5.86. The first kappa shape index (κ1) is 21.5. The first-order valence-electron chi connectivity index (χ1n) is 11.1. The highest BCUT2D eigenvalue weighted by atomic mass is 16.3. The average molecular weight is 426 g/mol. The fraction of sp³-hybridized carbons (Fsp3) is 0.522. The Morgan fingerprint density at radius 3 is 2.71 bits per heavy atom. The second kappa shape index (κ2) is 9.20. The Morgan fingerprint density at radius 2 is 2.06 bits per heavy atom. The number of piperidine rings is 1. The number of nitrogens with one attached hydrogen (secondary N) is 1. The topological polar surface area (TPSA) is 90.7 Å². The number of amides is 2. The van der Waals surface area contributed by atoms with E-state index in [9.17, 15) is 14.7 Å². The van der Waals surface area contributed by atoms with E-state index in [-0.39, 0.29) is 18.4 Å². The Bertz CT molecular complexity index is 915. The summed E-state index contributed by atoms with van der Waals surface area (Å²) in [5.74, 6) is -0.209. The van der Waals surface area contributed by atoms with Gasteiger partial charge in [-0.25, -0.2) is 0 Å². The number of hydrogen-bond acceptors (Lipinski definition) is 5. The number of aromatic nitrogens is 2. The number of rotatable bonds is 7. The molecule has 3 heterocycles. The molecule has 2 N–H and O–H groups in total. The van der Waals surface area contributed by atoms with Crippen molar-refractivity contribution in [1.82, 2.24) is 24.9 Å². The van der Waals surface area contributed by atoms with Gasteiger partial charge in [0.2, 0.25) is 11.8 Å². The summed E-state index contributed by atoms with van der Waals surface area (Å²) in [5, 5.41) is 18.9. The van der Waals surface area contributed by atoms with E-state index in [0.29, 0.717) is 39.0 Å². The molecule has 0 spiro atoms. The number of aryl methyl sites for hydroxylation is 1. The van der Waals surface area contributed by atoms with Gasteiger partial charge in [0.1, 0.15) is 0 Å². The predicted octanol–water partition coefficient (Wildman–Crippen LogP) is 1.10. The van der Waals surface area contributed by atoms with Gasteiger partial charge in [0, 0.05) is 45.3 Å². The molecule has 166 valence electrons. The van der Waals surface area contributed by atoms with Crippen LogP contribution in [0.1, 0.15) is 37.4 Å². The van der Waals surface area contributed by atoms with Crippen LogP contribution in [-0.4, -0.2) is 68.8 Å². The maximum Gasteiger partial charge on any atom is 0.240 e. The minimum absolute atomic E-state index is 0.0193. The van der Waals surface area contributed by atoms with Crippen LogP contribution in [0, 0.1) is 0 Å². The zero-order chi connectivity index (χ0) is 21.8. The normalized spacial score (nSPS) is 24.5. The van der Waals surface area contributed by atoms with Gasteiger partial charge in [-0.1, -0.05) is 30.3 Å².